The van der Waals surface area contributed by atoms with Crippen LogP contribution in [-0.4, -0.2) is 71.4 Å². The fourth-order valence-electron chi connectivity index (χ4n) is 5.38. The normalized spacial score (nSPS) is 18.5. The maximum absolute atomic E-state index is 14.6. The fraction of sp³-hybridized carbons (Fsp3) is 0.250. The van der Waals surface area contributed by atoms with E-state index in [0.717, 1.165) is 0 Å². The van der Waals surface area contributed by atoms with Crippen molar-refractivity contribution in [3.05, 3.63) is 106 Å². The molecule has 232 valence electrons. The van der Waals surface area contributed by atoms with E-state index in [9.17, 15) is 23.6 Å². The summed E-state index contributed by atoms with van der Waals surface area (Å²) in [6, 6.07) is 18.1. The van der Waals surface area contributed by atoms with Gasteiger partial charge in [0.25, 0.3) is 23.3 Å². The summed E-state index contributed by atoms with van der Waals surface area (Å²) in [4.78, 5) is 53.8. The molecule has 2 atom stereocenters. The Morgan fingerprint density at radius 3 is 2.64 bits per heavy atom. The van der Waals surface area contributed by atoms with Gasteiger partial charge in [-0.05, 0) is 48.0 Å². The van der Waals surface area contributed by atoms with Gasteiger partial charge in [0.05, 0.1) is 18.8 Å². The van der Waals surface area contributed by atoms with Gasteiger partial charge < -0.3 is 29.7 Å². The SMILES string of the molecule is COc1ccc2cc1OCC(=O)NCc1cc(F)cc(c1)O[C@@H]1CCN(C(=O)c3cc(=O)n(-c4ccccc4)[nH]3)C[C@@H]1NC2=O. The first-order valence-electron chi connectivity index (χ1n) is 14.3. The first-order chi connectivity index (χ1) is 21.8. The summed E-state index contributed by atoms with van der Waals surface area (Å²) in [7, 11) is 1.44. The number of likely N-dealkylation sites (tertiary alicyclic amines) is 1. The number of nitrogens with zero attached hydrogens (tertiary/aromatic N) is 2. The molecule has 6 rings (SSSR count). The van der Waals surface area contributed by atoms with Gasteiger partial charge in [-0.3, -0.25) is 24.3 Å². The van der Waals surface area contributed by atoms with Gasteiger partial charge in [0.15, 0.2) is 18.1 Å². The number of methoxy groups -OCH3 is 1. The number of amides is 3. The Morgan fingerprint density at radius 2 is 1.84 bits per heavy atom. The lowest BCUT2D eigenvalue weighted by atomic mass is 10.0. The molecular weight excluding hydrogens is 585 g/mol. The van der Waals surface area contributed by atoms with E-state index in [4.69, 9.17) is 14.2 Å². The van der Waals surface area contributed by atoms with Crippen LogP contribution in [0.2, 0.25) is 0 Å². The largest absolute Gasteiger partial charge is 0.493 e. The number of halogens is 1. The maximum atomic E-state index is 14.6. The molecule has 0 radical (unpaired) electrons. The first-order valence-corrected chi connectivity index (χ1v) is 14.3. The number of rotatable bonds is 3. The molecule has 3 aromatic carbocycles. The van der Waals surface area contributed by atoms with Gasteiger partial charge in [0, 0.05) is 43.8 Å². The monoisotopic (exact) mass is 615 g/mol. The summed E-state index contributed by atoms with van der Waals surface area (Å²) < 4.78 is 33.0. The van der Waals surface area contributed by atoms with Crippen LogP contribution in [0.3, 0.4) is 0 Å². The summed E-state index contributed by atoms with van der Waals surface area (Å²) in [5.74, 6) is -1.22. The third-order valence-electron chi connectivity index (χ3n) is 7.61. The lowest BCUT2D eigenvalue weighted by molar-refractivity contribution is -0.123. The van der Waals surface area contributed by atoms with Crippen molar-refractivity contribution >= 4 is 17.7 Å². The number of ether oxygens (including phenoxy) is 3. The van der Waals surface area contributed by atoms with Crippen LogP contribution in [0.15, 0.2) is 77.6 Å². The van der Waals surface area contributed by atoms with E-state index in [1.54, 1.807) is 42.5 Å². The van der Waals surface area contributed by atoms with E-state index in [-0.39, 0.29) is 49.0 Å². The number of hydrogen-bond acceptors (Lipinski definition) is 7. The number of carbonyl (C=O) groups excluding carboxylic acids is 3. The van der Waals surface area contributed by atoms with E-state index in [1.165, 1.54) is 41.0 Å². The number of fused-ring (bicyclic) bond motifs is 5. The van der Waals surface area contributed by atoms with Crippen molar-refractivity contribution in [3.8, 4) is 22.9 Å². The zero-order chi connectivity index (χ0) is 31.5. The summed E-state index contributed by atoms with van der Waals surface area (Å²) in [5, 5.41) is 8.52. The Kier molecular flexibility index (Phi) is 8.23. The second kappa shape index (κ2) is 12.6. The predicted molar refractivity (Wildman–Crippen MR) is 159 cm³/mol. The standard InChI is InChI=1S/C32H30FN5O7/c1-43-27-8-7-20-13-28(27)44-18-29(39)34-16-19-11-21(33)14-23(12-19)45-26-9-10-37(17-25(26)35-31(20)41)32(42)24-15-30(40)38(36-24)22-5-3-2-4-6-22/h2-8,11-15,25-26,36H,9-10,16-18H2,1H3,(H,34,39)(H,35,41)/t25-,26+/m0/s1. The molecule has 0 saturated carbocycles. The molecule has 3 N–H and O–H groups in total. The number of piperidine rings is 1. The topological polar surface area (TPSA) is 144 Å². The second-order valence-electron chi connectivity index (χ2n) is 10.7. The molecule has 2 aliphatic rings. The Balaban J connectivity index is 1.30. The third kappa shape index (κ3) is 6.51. The van der Waals surface area contributed by atoms with Gasteiger partial charge in [-0.1, -0.05) is 18.2 Å². The molecule has 0 aliphatic carbocycles. The molecule has 4 aromatic rings. The molecule has 12 nitrogen and oxygen atoms in total. The first kappa shape index (κ1) is 29.5. The minimum Gasteiger partial charge on any atom is -0.493 e. The number of nitrogens with one attached hydrogen (secondary N) is 3. The molecule has 3 heterocycles. The van der Waals surface area contributed by atoms with Crippen LogP contribution in [-0.2, 0) is 11.3 Å². The quantitative estimate of drug-likeness (QED) is 0.321. The van der Waals surface area contributed by atoms with Crippen LogP contribution in [0.5, 0.6) is 17.2 Å². The Bertz CT molecular complexity index is 1810. The van der Waals surface area contributed by atoms with Crippen molar-refractivity contribution in [1.29, 1.82) is 0 Å². The minimum absolute atomic E-state index is 0.0292. The fourth-order valence-corrected chi connectivity index (χ4v) is 5.38. The number of carbonyl (C=O) groups is 3. The molecule has 1 saturated heterocycles. The van der Waals surface area contributed by atoms with Crippen LogP contribution in [0.25, 0.3) is 5.69 Å². The molecule has 2 aliphatic heterocycles. The zero-order valence-electron chi connectivity index (χ0n) is 24.2. The number of benzene rings is 3. The van der Waals surface area contributed by atoms with Gasteiger partial charge in [0.1, 0.15) is 23.4 Å². The van der Waals surface area contributed by atoms with Crippen LogP contribution in [0.1, 0.15) is 32.8 Å². The van der Waals surface area contributed by atoms with E-state index in [0.29, 0.717) is 23.4 Å². The van der Waals surface area contributed by atoms with Gasteiger partial charge in [-0.2, -0.15) is 0 Å². The summed E-state index contributed by atoms with van der Waals surface area (Å²) in [6.07, 6.45) is -0.350. The molecule has 0 unspecified atom stereocenters. The molecule has 0 spiro atoms. The highest BCUT2D eigenvalue weighted by molar-refractivity contribution is 5.95. The Morgan fingerprint density at radius 1 is 1.02 bits per heavy atom. The lowest BCUT2D eigenvalue weighted by Gasteiger charge is -2.38. The average Bonchev–Trinajstić information content (AvgIpc) is 3.44. The average molecular weight is 616 g/mol. The van der Waals surface area contributed by atoms with Crippen molar-refractivity contribution in [2.24, 2.45) is 0 Å². The van der Waals surface area contributed by atoms with Crippen LogP contribution in [0.4, 0.5) is 4.39 Å². The van der Waals surface area contributed by atoms with E-state index >= 15 is 0 Å². The van der Waals surface area contributed by atoms with Crippen molar-refractivity contribution < 1.29 is 33.0 Å². The Labute approximate surface area is 256 Å². The highest BCUT2D eigenvalue weighted by atomic mass is 19.1. The van der Waals surface area contributed by atoms with E-state index < -0.39 is 41.2 Å². The smallest absolute Gasteiger partial charge is 0.272 e. The number of H-pyrrole nitrogens is 1. The molecule has 13 heteroatoms. The molecule has 45 heavy (non-hydrogen) atoms. The van der Waals surface area contributed by atoms with Gasteiger partial charge in [0.2, 0.25) is 0 Å². The molecule has 4 bridgehead atoms. The highest BCUT2D eigenvalue weighted by Crippen LogP contribution is 2.29. The molecular formula is C32H30FN5O7. The van der Waals surface area contributed by atoms with E-state index in [1.807, 2.05) is 6.07 Å². The van der Waals surface area contributed by atoms with Crippen LogP contribution >= 0.6 is 0 Å². The van der Waals surface area contributed by atoms with Crippen molar-refractivity contribution in [2.75, 3.05) is 26.8 Å². The zero-order valence-corrected chi connectivity index (χ0v) is 24.2. The summed E-state index contributed by atoms with van der Waals surface area (Å²) >= 11 is 0. The number of para-hydroxylation sites is 1. The predicted octanol–water partition coefficient (Wildman–Crippen LogP) is 2.41. The molecule has 1 aromatic heterocycles. The van der Waals surface area contributed by atoms with Gasteiger partial charge in [-0.25, -0.2) is 9.07 Å². The van der Waals surface area contributed by atoms with Crippen LogP contribution < -0.4 is 30.4 Å². The highest BCUT2D eigenvalue weighted by Gasteiger charge is 2.35. The maximum Gasteiger partial charge on any atom is 0.272 e. The van der Waals surface area contributed by atoms with Crippen molar-refractivity contribution in [1.82, 2.24) is 25.3 Å². The van der Waals surface area contributed by atoms with Crippen LogP contribution in [0, 0.1) is 5.82 Å². The molecule has 1 fully saturated rings. The minimum atomic E-state index is -0.719. The molecule has 3 amide bonds. The number of hydrogen-bond donors (Lipinski definition) is 3. The second-order valence-corrected chi connectivity index (χ2v) is 10.7. The Hall–Kier alpha value is -5.59. The number of aromatic amines is 1. The third-order valence-corrected chi connectivity index (χ3v) is 7.61. The van der Waals surface area contributed by atoms with Crippen molar-refractivity contribution in [2.45, 2.75) is 25.1 Å². The summed E-state index contributed by atoms with van der Waals surface area (Å²) in [5.41, 5.74) is 0.964. The van der Waals surface area contributed by atoms with E-state index in [2.05, 4.69) is 15.7 Å². The van der Waals surface area contributed by atoms with Gasteiger partial charge >= 0.3 is 0 Å². The summed E-state index contributed by atoms with van der Waals surface area (Å²) in [6.45, 7) is -0.0455. The van der Waals surface area contributed by atoms with Gasteiger partial charge in [-0.15, -0.1) is 0 Å². The number of aromatic nitrogens is 2. The lowest BCUT2D eigenvalue weighted by Crippen LogP contribution is -2.58. The van der Waals surface area contributed by atoms with Crippen molar-refractivity contribution in [3.63, 3.8) is 0 Å².